The molecule has 0 saturated carbocycles. The fourth-order valence-corrected chi connectivity index (χ4v) is 2.52. The molecule has 1 saturated heterocycles. The summed E-state index contributed by atoms with van der Waals surface area (Å²) >= 11 is 0. The Morgan fingerprint density at radius 2 is 2.47 bits per heavy atom. The van der Waals surface area contributed by atoms with Crippen LogP contribution in [-0.2, 0) is 0 Å². The molecule has 3 rings (SSSR count). The minimum atomic E-state index is 0.647. The molecule has 1 N–H and O–H groups in total. The quantitative estimate of drug-likeness (QED) is 0.680. The van der Waals surface area contributed by atoms with Crippen LogP contribution in [0.3, 0.4) is 0 Å². The first-order valence-corrected chi connectivity index (χ1v) is 5.72. The number of fused-ring (bicyclic) bond motifs is 1. The summed E-state index contributed by atoms with van der Waals surface area (Å²) in [6.07, 6.45) is 6.61. The van der Waals surface area contributed by atoms with E-state index in [1.807, 2.05) is 6.21 Å². The second-order valence-electron chi connectivity index (χ2n) is 4.25. The van der Waals surface area contributed by atoms with Crippen LogP contribution in [0, 0.1) is 5.92 Å². The maximum absolute atomic E-state index is 4.39. The van der Waals surface area contributed by atoms with Crippen molar-refractivity contribution in [1.82, 2.24) is 10.2 Å². The SMILES string of the molecule is C1=NC2=NCCN2C(C2CCCNC2)=C1. The van der Waals surface area contributed by atoms with Gasteiger partial charge in [-0.2, -0.15) is 0 Å². The summed E-state index contributed by atoms with van der Waals surface area (Å²) in [6.45, 7) is 4.17. The van der Waals surface area contributed by atoms with Crippen molar-refractivity contribution in [2.75, 3.05) is 26.2 Å². The van der Waals surface area contributed by atoms with E-state index in [1.165, 1.54) is 25.1 Å². The zero-order chi connectivity index (χ0) is 10.1. The van der Waals surface area contributed by atoms with Gasteiger partial charge in [-0.1, -0.05) is 0 Å². The van der Waals surface area contributed by atoms with E-state index in [-0.39, 0.29) is 0 Å². The molecule has 3 aliphatic heterocycles. The minimum absolute atomic E-state index is 0.647. The summed E-state index contributed by atoms with van der Waals surface area (Å²) in [7, 11) is 0. The van der Waals surface area contributed by atoms with Gasteiger partial charge in [0, 0.05) is 30.9 Å². The third kappa shape index (κ3) is 1.59. The molecule has 0 aliphatic carbocycles. The Balaban J connectivity index is 1.82. The van der Waals surface area contributed by atoms with Crippen molar-refractivity contribution in [3.8, 4) is 0 Å². The molecule has 3 heterocycles. The third-order valence-corrected chi connectivity index (χ3v) is 3.28. The van der Waals surface area contributed by atoms with Crippen LogP contribution >= 0.6 is 0 Å². The number of nitrogens with zero attached hydrogens (tertiary/aromatic N) is 3. The predicted octanol–water partition coefficient (Wildman–Crippen LogP) is 0.626. The van der Waals surface area contributed by atoms with Crippen molar-refractivity contribution in [2.24, 2.45) is 15.9 Å². The van der Waals surface area contributed by atoms with Crippen molar-refractivity contribution in [3.63, 3.8) is 0 Å². The van der Waals surface area contributed by atoms with Crippen LogP contribution < -0.4 is 5.32 Å². The zero-order valence-corrected chi connectivity index (χ0v) is 8.82. The molecule has 80 valence electrons. The van der Waals surface area contributed by atoms with Crippen LogP contribution in [-0.4, -0.2) is 43.3 Å². The summed E-state index contributed by atoms with van der Waals surface area (Å²) < 4.78 is 0. The number of allylic oxidation sites excluding steroid dienone is 1. The van der Waals surface area contributed by atoms with Gasteiger partial charge >= 0.3 is 0 Å². The average Bonchev–Trinajstić information content (AvgIpc) is 2.78. The predicted molar refractivity (Wildman–Crippen MR) is 61.2 cm³/mol. The van der Waals surface area contributed by atoms with Gasteiger partial charge in [0.05, 0.1) is 6.54 Å². The molecule has 15 heavy (non-hydrogen) atoms. The molecule has 0 aromatic heterocycles. The largest absolute Gasteiger partial charge is 0.316 e. The summed E-state index contributed by atoms with van der Waals surface area (Å²) in [6, 6.07) is 0. The van der Waals surface area contributed by atoms with Crippen LogP contribution in [0.5, 0.6) is 0 Å². The minimum Gasteiger partial charge on any atom is -0.316 e. The summed E-state index contributed by atoms with van der Waals surface area (Å²) in [5, 5.41) is 3.46. The topological polar surface area (TPSA) is 40.0 Å². The lowest BCUT2D eigenvalue weighted by molar-refractivity contribution is 0.361. The smallest absolute Gasteiger partial charge is 0.225 e. The number of guanidine groups is 1. The highest BCUT2D eigenvalue weighted by atomic mass is 15.3. The molecule has 0 aromatic carbocycles. The van der Waals surface area contributed by atoms with Gasteiger partial charge < -0.3 is 10.2 Å². The molecule has 0 radical (unpaired) electrons. The van der Waals surface area contributed by atoms with Gasteiger partial charge in [-0.15, -0.1) is 0 Å². The van der Waals surface area contributed by atoms with E-state index in [0.29, 0.717) is 5.92 Å². The second-order valence-corrected chi connectivity index (χ2v) is 4.25. The first-order valence-electron chi connectivity index (χ1n) is 5.72. The fraction of sp³-hybridized carbons (Fsp3) is 0.636. The average molecular weight is 204 g/mol. The monoisotopic (exact) mass is 204 g/mol. The van der Waals surface area contributed by atoms with E-state index in [0.717, 1.165) is 25.6 Å². The second kappa shape index (κ2) is 3.77. The first kappa shape index (κ1) is 9.09. The lowest BCUT2D eigenvalue weighted by atomic mass is 9.94. The van der Waals surface area contributed by atoms with Gasteiger partial charge in [0.15, 0.2) is 0 Å². The summed E-state index contributed by atoms with van der Waals surface area (Å²) in [4.78, 5) is 11.0. The van der Waals surface area contributed by atoms with Crippen molar-refractivity contribution < 1.29 is 0 Å². The Labute approximate surface area is 89.8 Å². The van der Waals surface area contributed by atoms with Crippen LogP contribution in [0.4, 0.5) is 0 Å². The van der Waals surface area contributed by atoms with E-state index < -0.39 is 0 Å². The van der Waals surface area contributed by atoms with E-state index in [4.69, 9.17) is 0 Å². The Hall–Kier alpha value is -1.16. The molecule has 4 heteroatoms. The third-order valence-electron chi connectivity index (χ3n) is 3.28. The fourth-order valence-electron chi connectivity index (χ4n) is 2.52. The van der Waals surface area contributed by atoms with Crippen molar-refractivity contribution >= 4 is 12.2 Å². The van der Waals surface area contributed by atoms with Crippen molar-refractivity contribution in [2.45, 2.75) is 12.8 Å². The molecule has 1 fully saturated rings. The highest BCUT2D eigenvalue weighted by Crippen LogP contribution is 2.26. The van der Waals surface area contributed by atoms with E-state index >= 15 is 0 Å². The Bertz CT molecular complexity index is 336. The Morgan fingerprint density at radius 3 is 3.33 bits per heavy atom. The molecule has 0 spiro atoms. The standard InChI is InChI=1S/C11H16N4/c1-2-9(8-12-4-1)10-3-5-13-11-14-6-7-15(10)11/h3,5,9,12H,1-2,4,6-8H2. The number of piperidine rings is 1. The highest BCUT2D eigenvalue weighted by Gasteiger charge is 2.28. The van der Waals surface area contributed by atoms with Crippen molar-refractivity contribution in [3.05, 3.63) is 11.8 Å². The van der Waals surface area contributed by atoms with E-state index in [1.54, 1.807) is 0 Å². The van der Waals surface area contributed by atoms with E-state index in [9.17, 15) is 0 Å². The number of hydrogen-bond donors (Lipinski definition) is 1. The zero-order valence-electron chi connectivity index (χ0n) is 8.82. The molecule has 4 nitrogen and oxygen atoms in total. The Morgan fingerprint density at radius 1 is 1.47 bits per heavy atom. The molecule has 1 atom stereocenters. The maximum Gasteiger partial charge on any atom is 0.225 e. The first-order chi connectivity index (χ1) is 7.45. The van der Waals surface area contributed by atoms with Crippen LogP contribution in [0.1, 0.15) is 12.8 Å². The lowest BCUT2D eigenvalue weighted by Gasteiger charge is -2.32. The molecule has 0 aromatic rings. The number of aliphatic imine (C=N–C) groups is 2. The Kier molecular flexibility index (Phi) is 2.29. The summed E-state index contributed by atoms with van der Waals surface area (Å²) in [5.74, 6) is 1.56. The van der Waals surface area contributed by atoms with Gasteiger partial charge in [0.1, 0.15) is 0 Å². The number of nitrogens with one attached hydrogen (secondary N) is 1. The molecular formula is C11H16N4. The molecule has 0 bridgehead atoms. The van der Waals surface area contributed by atoms with Gasteiger partial charge in [0.2, 0.25) is 5.96 Å². The lowest BCUT2D eigenvalue weighted by Crippen LogP contribution is -2.38. The number of hydrogen-bond acceptors (Lipinski definition) is 4. The van der Waals surface area contributed by atoms with Crippen LogP contribution in [0.25, 0.3) is 0 Å². The van der Waals surface area contributed by atoms with Crippen LogP contribution in [0.2, 0.25) is 0 Å². The van der Waals surface area contributed by atoms with Gasteiger partial charge in [-0.05, 0) is 25.5 Å². The van der Waals surface area contributed by atoms with Gasteiger partial charge in [0.25, 0.3) is 0 Å². The molecule has 3 aliphatic rings. The van der Waals surface area contributed by atoms with Gasteiger partial charge in [-0.3, -0.25) is 0 Å². The maximum atomic E-state index is 4.39. The number of rotatable bonds is 1. The molecule has 0 amide bonds. The van der Waals surface area contributed by atoms with E-state index in [2.05, 4.69) is 26.3 Å². The van der Waals surface area contributed by atoms with Gasteiger partial charge in [-0.25, -0.2) is 9.98 Å². The molecule has 1 unspecified atom stereocenters. The summed E-state index contributed by atoms with van der Waals surface area (Å²) in [5.41, 5.74) is 1.41. The normalized spacial score (nSPS) is 29.9. The van der Waals surface area contributed by atoms with Crippen molar-refractivity contribution in [1.29, 1.82) is 0 Å². The highest BCUT2D eigenvalue weighted by molar-refractivity contribution is 5.96. The van der Waals surface area contributed by atoms with Crippen LogP contribution in [0.15, 0.2) is 21.8 Å². The molecular weight excluding hydrogens is 188 g/mol.